The van der Waals surface area contributed by atoms with Gasteiger partial charge in [-0.05, 0) is 24.3 Å². The van der Waals surface area contributed by atoms with Crippen molar-refractivity contribution in [2.45, 2.75) is 6.23 Å². The summed E-state index contributed by atoms with van der Waals surface area (Å²) in [6.07, 6.45) is -0.595. The number of carbonyl (C=O) groups excluding carboxylic acids is 1. The highest BCUT2D eigenvalue weighted by Gasteiger charge is 2.35. The molecule has 6 nitrogen and oxygen atoms in total. The van der Waals surface area contributed by atoms with E-state index in [0.717, 1.165) is 5.69 Å². The molecule has 0 saturated heterocycles. The van der Waals surface area contributed by atoms with Gasteiger partial charge in [0.05, 0.1) is 14.2 Å². The summed E-state index contributed by atoms with van der Waals surface area (Å²) in [5, 5.41) is 0. The van der Waals surface area contributed by atoms with Crippen LogP contribution in [0, 0.1) is 0 Å². The molecule has 0 fully saturated rings. The van der Waals surface area contributed by atoms with Crippen LogP contribution in [0.15, 0.2) is 42.5 Å². The van der Waals surface area contributed by atoms with E-state index in [9.17, 15) is 4.79 Å². The fraction of sp³-hybridized carbons (Fsp3) is 0.188. The van der Waals surface area contributed by atoms with Crippen LogP contribution >= 0.6 is 0 Å². The number of methoxy groups -OCH3 is 2. The van der Waals surface area contributed by atoms with Gasteiger partial charge in [-0.15, -0.1) is 0 Å². The lowest BCUT2D eigenvalue weighted by molar-refractivity contribution is 0.0326. The molecule has 1 aliphatic heterocycles. The Morgan fingerprint density at radius 2 is 1.82 bits per heavy atom. The normalized spacial score (nSPS) is 15.9. The molecule has 1 heterocycles. The van der Waals surface area contributed by atoms with E-state index in [0.29, 0.717) is 22.6 Å². The average molecular weight is 300 g/mol. The molecule has 1 atom stereocenters. The third kappa shape index (κ3) is 2.44. The SMILES string of the molecule is COc1ccc2c(c1OC)C(=O)OC2NNc1ccccc1. The molecule has 1 aliphatic rings. The molecular weight excluding hydrogens is 284 g/mol. The molecule has 3 rings (SSSR count). The minimum Gasteiger partial charge on any atom is -0.493 e. The zero-order valence-corrected chi connectivity index (χ0v) is 12.3. The average Bonchev–Trinajstić information content (AvgIpc) is 2.89. The molecule has 114 valence electrons. The summed E-state index contributed by atoms with van der Waals surface area (Å²) in [6, 6.07) is 13.1. The number of fused-ring (bicyclic) bond motifs is 1. The Hall–Kier alpha value is -2.73. The molecule has 6 heteroatoms. The zero-order chi connectivity index (χ0) is 15.5. The van der Waals surface area contributed by atoms with E-state index in [4.69, 9.17) is 14.2 Å². The van der Waals surface area contributed by atoms with E-state index >= 15 is 0 Å². The first-order valence-electron chi connectivity index (χ1n) is 6.77. The van der Waals surface area contributed by atoms with Gasteiger partial charge in [-0.25, -0.2) is 4.79 Å². The first-order valence-corrected chi connectivity index (χ1v) is 6.77. The number of ether oxygens (including phenoxy) is 3. The Balaban J connectivity index is 1.85. The number of para-hydroxylation sites is 1. The van der Waals surface area contributed by atoms with Crippen LogP contribution < -0.4 is 20.3 Å². The van der Waals surface area contributed by atoms with Gasteiger partial charge in [0, 0.05) is 11.3 Å². The minimum absolute atomic E-state index is 0.383. The number of anilines is 1. The molecule has 0 amide bonds. The number of carbonyl (C=O) groups is 1. The maximum atomic E-state index is 12.1. The Bertz CT molecular complexity index is 688. The van der Waals surface area contributed by atoms with Crippen LogP contribution in [-0.4, -0.2) is 20.2 Å². The van der Waals surface area contributed by atoms with Crippen LogP contribution in [0.25, 0.3) is 0 Å². The predicted octanol–water partition coefficient (Wildman–Crippen LogP) is 2.49. The third-order valence-electron chi connectivity index (χ3n) is 3.41. The highest BCUT2D eigenvalue weighted by molar-refractivity contribution is 5.98. The number of hydrogen-bond donors (Lipinski definition) is 2. The molecule has 0 spiro atoms. The third-order valence-corrected chi connectivity index (χ3v) is 3.41. The van der Waals surface area contributed by atoms with Crippen molar-refractivity contribution >= 4 is 11.7 Å². The van der Waals surface area contributed by atoms with E-state index < -0.39 is 12.2 Å². The van der Waals surface area contributed by atoms with Crippen molar-refractivity contribution in [3.63, 3.8) is 0 Å². The second-order valence-corrected chi connectivity index (χ2v) is 4.69. The van der Waals surface area contributed by atoms with Crippen molar-refractivity contribution in [3.8, 4) is 11.5 Å². The number of cyclic esters (lactones) is 1. The van der Waals surface area contributed by atoms with Crippen LogP contribution in [-0.2, 0) is 4.74 Å². The summed E-state index contributed by atoms with van der Waals surface area (Å²) in [7, 11) is 3.02. The summed E-state index contributed by atoms with van der Waals surface area (Å²) in [5.41, 5.74) is 7.95. The Kier molecular flexibility index (Phi) is 3.84. The maximum absolute atomic E-state index is 12.1. The standard InChI is InChI=1S/C16H16N2O4/c1-20-12-9-8-11-13(14(12)21-2)16(19)22-15(11)18-17-10-6-4-3-5-7-10/h3-9,15,17-18H,1-2H3. The molecule has 0 saturated carbocycles. The molecule has 0 aromatic heterocycles. The zero-order valence-electron chi connectivity index (χ0n) is 12.3. The lowest BCUT2D eigenvalue weighted by Gasteiger charge is -2.15. The molecule has 1 unspecified atom stereocenters. The van der Waals surface area contributed by atoms with E-state index in [1.54, 1.807) is 12.1 Å². The first kappa shape index (κ1) is 14.2. The molecule has 22 heavy (non-hydrogen) atoms. The fourth-order valence-corrected chi connectivity index (χ4v) is 2.38. The molecule has 2 aromatic rings. The molecular formula is C16H16N2O4. The van der Waals surface area contributed by atoms with Crippen LogP contribution in [0.2, 0.25) is 0 Å². The molecule has 0 bridgehead atoms. The quantitative estimate of drug-likeness (QED) is 0.653. The van der Waals surface area contributed by atoms with E-state index in [1.165, 1.54) is 14.2 Å². The predicted molar refractivity (Wildman–Crippen MR) is 80.9 cm³/mol. The van der Waals surface area contributed by atoms with E-state index in [-0.39, 0.29) is 0 Å². The highest BCUT2D eigenvalue weighted by Crippen LogP contribution is 2.40. The summed E-state index contributed by atoms with van der Waals surface area (Å²) in [4.78, 5) is 12.1. The number of hydrogen-bond acceptors (Lipinski definition) is 6. The van der Waals surface area contributed by atoms with Crippen LogP contribution in [0.5, 0.6) is 11.5 Å². The van der Waals surface area contributed by atoms with Gasteiger partial charge < -0.3 is 19.6 Å². The van der Waals surface area contributed by atoms with Crippen molar-refractivity contribution in [2.24, 2.45) is 0 Å². The van der Waals surface area contributed by atoms with Crippen molar-refractivity contribution in [3.05, 3.63) is 53.6 Å². The minimum atomic E-state index is -0.595. The Labute approximate surface area is 128 Å². The van der Waals surface area contributed by atoms with Gasteiger partial charge in [0.15, 0.2) is 17.7 Å². The lowest BCUT2D eigenvalue weighted by Crippen LogP contribution is -2.27. The second-order valence-electron chi connectivity index (χ2n) is 4.69. The van der Waals surface area contributed by atoms with Crippen LogP contribution in [0.4, 0.5) is 5.69 Å². The summed E-state index contributed by atoms with van der Waals surface area (Å²) < 4.78 is 15.8. The second kappa shape index (κ2) is 5.95. The molecule has 0 radical (unpaired) electrons. The largest absolute Gasteiger partial charge is 0.493 e. The lowest BCUT2D eigenvalue weighted by atomic mass is 10.1. The number of benzene rings is 2. The molecule has 2 N–H and O–H groups in total. The van der Waals surface area contributed by atoms with Crippen molar-refractivity contribution in [1.82, 2.24) is 5.43 Å². The van der Waals surface area contributed by atoms with Crippen LogP contribution in [0.1, 0.15) is 22.1 Å². The van der Waals surface area contributed by atoms with Gasteiger partial charge >= 0.3 is 5.97 Å². The number of esters is 1. The number of rotatable bonds is 5. The van der Waals surface area contributed by atoms with Crippen LogP contribution in [0.3, 0.4) is 0 Å². The highest BCUT2D eigenvalue weighted by atomic mass is 16.6. The fourth-order valence-electron chi connectivity index (χ4n) is 2.38. The van der Waals surface area contributed by atoms with E-state index in [1.807, 2.05) is 30.3 Å². The van der Waals surface area contributed by atoms with Gasteiger partial charge in [0.25, 0.3) is 0 Å². The summed E-state index contributed by atoms with van der Waals surface area (Å²) in [5.74, 6) is 0.432. The smallest absolute Gasteiger partial charge is 0.344 e. The van der Waals surface area contributed by atoms with Gasteiger partial charge in [-0.1, -0.05) is 18.2 Å². The monoisotopic (exact) mass is 300 g/mol. The maximum Gasteiger partial charge on any atom is 0.344 e. The number of hydrazine groups is 1. The molecule has 0 aliphatic carbocycles. The van der Waals surface area contributed by atoms with E-state index in [2.05, 4.69) is 10.9 Å². The topological polar surface area (TPSA) is 68.8 Å². The number of nitrogens with one attached hydrogen (secondary N) is 2. The summed E-state index contributed by atoms with van der Waals surface area (Å²) >= 11 is 0. The van der Waals surface area contributed by atoms with Gasteiger partial charge in [-0.2, -0.15) is 5.43 Å². The first-order chi connectivity index (χ1) is 10.7. The van der Waals surface area contributed by atoms with Gasteiger partial charge in [0.2, 0.25) is 0 Å². The van der Waals surface area contributed by atoms with Crippen molar-refractivity contribution < 1.29 is 19.0 Å². The van der Waals surface area contributed by atoms with Gasteiger partial charge in [-0.3, -0.25) is 0 Å². The molecule has 2 aromatic carbocycles. The Morgan fingerprint density at radius 3 is 2.50 bits per heavy atom. The van der Waals surface area contributed by atoms with Gasteiger partial charge in [0.1, 0.15) is 5.56 Å². The van der Waals surface area contributed by atoms with Crippen molar-refractivity contribution in [1.29, 1.82) is 0 Å². The summed E-state index contributed by atoms with van der Waals surface area (Å²) in [6.45, 7) is 0. The van der Waals surface area contributed by atoms with Crippen molar-refractivity contribution in [2.75, 3.05) is 19.6 Å². The Morgan fingerprint density at radius 1 is 1.05 bits per heavy atom.